The highest BCUT2D eigenvalue weighted by molar-refractivity contribution is 5.67. The SMILES string of the molecule is CC1CCN(c2nc(NCCO)c(C#N)c3c2CN(Cc2ccccc2)CC3)CC1. The van der Waals surface area contributed by atoms with Gasteiger partial charge in [-0.25, -0.2) is 4.98 Å². The Morgan fingerprint density at radius 1 is 1.17 bits per heavy atom. The number of rotatable bonds is 6. The first-order chi connectivity index (χ1) is 14.7. The largest absolute Gasteiger partial charge is 0.395 e. The first-order valence-electron chi connectivity index (χ1n) is 11.0. The molecule has 0 spiro atoms. The molecule has 0 aliphatic carbocycles. The molecule has 2 aliphatic heterocycles. The van der Waals surface area contributed by atoms with Gasteiger partial charge in [0.05, 0.1) is 12.2 Å². The van der Waals surface area contributed by atoms with Gasteiger partial charge >= 0.3 is 0 Å². The number of hydrogen-bond acceptors (Lipinski definition) is 6. The average Bonchev–Trinajstić information content (AvgIpc) is 2.78. The summed E-state index contributed by atoms with van der Waals surface area (Å²) in [5.41, 5.74) is 4.29. The Morgan fingerprint density at radius 3 is 2.63 bits per heavy atom. The summed E-state index contributed by atoms with van der Waals surface area (Å²) in [6.45, 7) is 7.39. The quantitative estimate of drug-likeness (QED) is 0.769. The third-order valence-corrected chi connectivity index (χ3v) is 6.30. The minimum absolute atomic E-state index is 0.0189. The van der Waals surface area contributed by atoms with Gasteiger partial charge in [0.2, 0.25) is 0 Å². The van der Waals surface area contributed by atoms with E-state index in [1.165, 1.54) is 24.0 Å². The van der Waals surface area contributed by atoms with Crippen LogP contribution in [0.15, 0.2) is 30.3 Å². The minimum Gasteiger partial charge on any atom is -0.395 e. The molecule has 0 atom stereocenters. The lowest BCUT2D eigenvalue weighted by molar-refractivity contribution is 0.245. The standard InChI is InChI=1S/C24H31N5O/c1-18-7-12-29(13-8-18)24-22-17-28(16-19-5-3-2-4-6-19)11-9-20(22)21(15-25)23(27-24)26-10-14-30/h2-6,18,30H,7-14,16-17H2,1H3,(H,26,27). The maximum Gasteiger partial charge on any atom is 0.146 e. The number of anilines is 2. The molecule has 158 valence electrons. The lowest BCUT2D eigenvalue weighted by atomic mass is 9.93. The molecule has 30 heavy (non-hydrogen) atoms. The second-order valence-corrected chi connectivity index (χ2v) is 8.49. The first kappa shape index (κ1) is 20.6. The molecular formula is C24H31N5O. The van der Waals surface area contributed by atoms with Crippen molar-refractivity contribution in [3.05, 3.63) is 52.6 Å². The summed E-state index contributed by atoms with van der Waals surface area (Å²) in [7, 11) is 0. The van der Waals surface area contributed by atoms with Crippen molar-refractivity contribution in [2.75, 3.05) is 43.0 Å². The third-order valence-electron chi connectivity index (χ3n) is 6.30. The van der Waals surface area contributed by atoms with Crippen molar-refractivity contribution in [2.45, 2.75) is 39.3 Å². The van der Waals surface area contributed by atoms with Crippen molar-refractivity contribution < 1.29 is 5.11 Å². The molecule has 1 fully saturated rings. The van der Waals surface area contributed by atoms with Crippen LogP contribution < -0.4 is 10.2 Å². The van der Waals surface area contributed by atoms with Crippen LogP contribution in [0.25, 0.3) is 0 Å². The number of nitriles is 1. The van der Waals surface area contributed by atoms with Crippen molar-refractivity contribution in [2.24, 2.45) is 5.92 Å². The molecular weight excluding hydrogens is 374 g/mol. The van der Waals surface area contributed by atoms with Crippen LogP contribution >= 0.6 is 0 Å². The topological polar surface area (TPSA) is 75.4 Å². The number of aromatic nitrogens is 1. The van der Waals surface area contributed by atoms with E-state index >= 15 is 0 Å². The highest BCUT2D eigenvalue weighted by Gasteiger charge is 2.29. The van der Waals surface area contributed by atoms with Crippen LogP contribution in [-0.4, -0.2) is 47.8 Å². The summed E-state index contributed by atoms with van der Waals surface area (Å²) >= 11 is 0. The fraction of sp³-hybridized carbons (Fsp3) is 0.500. The van der Waals surface area contributed by atoms with Gasteiger partial charge in [-0.05, 0) is 36.3 Å². The van der Waals surface area contributed by atoms with Gasteiger partial charge in [0, 0.05) is 44.8 Å². The number of fused-ring (bicyclic) bond motifs is 1. The smallest absolute Gasteiger partial charge is 0.146 e. The first-order valence-corrected chi connectivity index (χ1v) is 11.0. The number of aliphatic hydroxyl groups excluding tert-OH is 1. The Hall–Kier alpha value is -2.62. The van der Waals surface area contributed by atoms with E-state index in [0.29, 0.717) is 17.9 Å². The van der Waals surface area contributed by atoms with Crippen molar-refractivity contribution in [3.63, 3.8) is 0 Å². The van der Waals surface area contributed by atoms with Crippen LogP contribution in [0.1, 0.15) is 42.0 Å². The molecule has 2 aliphatic rings. The lowest BCUT2D eigenvalue weighted by Crippen LogP contribution is -2.37. The van der Waals surface area contributed by atoms with E-state index < -0.39 is 0 Å². The van der Waals surface area contributed by atoms with Crippen LogP contribution in [0.3, 0.4) is 0 Å². The van der Waals surface area contributed by atoms with E-state index in [2.05, 4.69) is 58.4 Å². The number of nitrogens with zero attached hydrogens (tertiary/aromatic N) is 4. The minimum atomic E-state index is 0.0189. The molecule has 6 nitrogen and oxygen atoms in total. The van der Waals surface area contributed by atoms with Crippen LogP contribution in [0.2, 0.25) is 0 Å². The van der Waals surface area contributed by atoms with Crippen LogP contribution in [-0.2, 0) is 19.5 Å². The lowest BCUT2D eigenvalue weighted by Gasteiger charge is -2.37. The van der Waals surface area contributed by atoms with E-state index in [9.17, 15) is 10.4 Å². The second-order valence-electron chi connectivity index (χ2n) is 8.49. The molecule has 0 bridgehead atoms. The summed E-state index contributed by atoms with van der Waals surface area (Å²) in [5, 5.41) is 22.3. The Labute approximate surface area is 179 Å². The van der Waals surface area contributed by atoms with E-state index in [-0.39, 0.29) is 6.61 Å². The van der Waals surface area contributed by atoms with Crippen LogP contribution in [0.5, 0.6) is 0 Å². The molecule has 2 N–H and O–H groups in total. The number of aliphatic hydroxyl groups is 1. The molecule has 1 aromatic heterocycles. The highest BCUT2D eigenvalue weighted by atomic mass is 16.3. The summed E-state index contributed by atoms with van der Waals surface area (Å²) in [4.78, 5) is 9.79. The summed E-state index contributed by atoms with van der Waals surface area (Å²) in [6, 6.07) is 13.0. The fourth-order valence-corrected chi connectivity index (χ4v) is 4.55. The molecule has 0 amide bonds. The van der Waals surface area contributed by atoms with Gasteiger partial charge in [0.15, 0.2) is 0 Å². The summed E-state index contributed by atoms with van der Waals surface area (Å²) in [6.07, 6.45) is 3.19. The number of hydrogen-bond donors (Lipinski definition) is 2. The number of nitrogens with one attached hydrogen (secondary N) is 1. The average molecular weight is 406 g/mol. The Balaban J connectivity index is 1.68. The van der Waals surface area contributed by atoms with Gasteiger partial charge in [-0.1, -0.05) is 37.3 Å². The summed E-state index contributed by atoms with van der Waals surface area (Å²) < 4.78 is 0. The predicted molar refractivity (Wildman–Crippen MR) is 119 cm³/mol. The third kappa shape index (κ3) is 4.43. The molecule has 4 rings (SSSR count). The molecule has 0 saturated carbocycles. The molecule has 1 saturated heterocycles. The van der Waals surface area contributed by atoms with Crippen LogP contribution in [0, 0.1) is 17.2 Å². The maximum absolute atomic E-state index is 9.89. The Bertz CT molecular complexity index is 900. The van der Waals surface area contributed by atoms with Crippen molar-refractivity contribution >= 4 is 11.6 Å². The second kappa shape index (κ2) is 9.46. The van der Waals surface area contributed by atoms with Crippen LogP contribution in [0.4, 0.5) is 11.6 Å². The number of benzene rings is 1. The highest BCUT2D eigenvalue weighted by Crippen LogP contribution is 2.35. The zero-order valence-electron chi connectivity index (χ0n) is 17.8. The van der Waals surface area contributed by atoms with E-state index in [1.54, 1.807) is 0 Å². The van der Waals surface area contributed by atoms with Gasteiger partial charge in [-0.3, -0.25) is 4.90 Å². The zero-order valence-corrected chi connectivity index (χ0v) is 17.8. The number of piperidine rings is 1. The molecule has 6 heteroatoms. The maximum atomic E-state index is 9.89. The van der Waals surface area contributed by atoms with Gasteiger partial charge in [-0.15, -0.1) is 0 Å². The molecule has 3 heterocycles. The van der Waals surface area contributed by atoms with Gasteiger partial charge in [0.1, 0.15) is 17.7 Å². The van der Waals surface area contributed by atoms with E-state index in [0.717, 1.165) is 56.4 Å². The Morgan fingerprint density at radius 2 is 1.93 bits per heavy atom. The summed E-state index contributed by atoms with van der Waals surface area (Å²) in [5.74, 6) is 2.39. The molecule has 1 aromatic carbocycles. The van der Waals surface area contributed by atoms with Crippen molar-refractivity contribution in [3.8, 4) is 6.07 Å². The zero-order chi connectivity index (χ0) is 20.9. The fourth-order valence-electron chi connectivity index (χ4n) is 4.55. The van der Waals surface area contributed by atoms with Crippen molar-refractivity contribution in [1.29, 1.82) is 5.26 Å². The molecule has 2 aromatic rings. The predicted octanol–water partition coefficient (Wildman–Crippen LogP) is 3.15. The monoisotopic (exact) mass is 405 g/mol. The molecule has 0 radical (unpaired) electrons. The van der Waals surface area contributed by atoms with E-state index in [4.69, 9.17) is 4.98 Å². The normalized spacial score (nSPS) is 17.4. The van der Waals surface area contributed by atoms with Gasteiger partial charge in [-0.2, -0.15) is 5.26 Å². The molecule has 0 unspecified atom stereocenters. The van der Waals surface area contributed by atoms with Gasteiger partial charge in [0.25, 0.3) is 0 Å². The van der Waals surface area contributed by atoms with E-state index in [1.807, 2.05) is 0 Å². The van der Waals surface area contributed by atoms with Gasteiger partial charge < -0.3 is 15.3 Å². The van der Waals surface area contributed by atoms with Crippen molar-refractivity contribution in [1.82, 2.24) is 9.88 Å². The number of pyridine rings is 1. The Kier molecular flexibility index (Phi) is 6.51.